The lowest BCUT2D eigenvalue weighted by Gasteiger charge is -2.45. The molecule has 3 rings (SSSR count). The van der Waals surface area contributed by atoms with Gasteiger partial charge in [0.1, 0.15) is 5.54 Å². The van der Waals surface area contributed by atoms with Gasteiger partial charge in [-0.15, -0.1) is 0 Å². The molecule has 1 aromatic rings. The van der Waals surface area contributed by atoms with Crippen molar-refractivity contribution in [2.24, 2.45) is 0 Å². The number of fused-ring (bicyclic) bond motifs is 1. The molecule has 112 valence electrons. The molecule has 0 unspecified atom stereocenters. The third-order valence-electron chi connectivity index (χ3n) is 4.38. The van der Waals surface area contributed by atoms with Crippen LogP contribution in [0.2, 0.25) is 0 Å². The number of amides is 2. The second kappa shape index (κ2) is 5.15. The Morgan fingerprint density at radius 3 is 2.71 bits per heavy atom. The molecule has 21 heavy (non-hydrogen) atoms. The van der Waals surface area contributed by atoms with E-state index in [1.165, 1.54) is 6.92 Å². The number of nitrogens with zero attached hydrogens (tertiary/aromatic N) is 1. The van der Waals surface area contributed by atoms with Crippen molar-refractivity contribution in [2.75, 3.05) is 13.1 Å². The minimum Gasteiger partial charge on any atom is -0.389 e. The number of aliphatic hydroxyl groups excluding tert-OH is 1. The standard InChI is InChI=1S/C16H20N2O3/c1-11(19)17-16(15(21)18-9-13(20)10-18)8-4-6-12-5-2-3-7-14(12)16/h2-3,5,7,13,20H,4,6,8-10H2,1H3,(H,17,19)/t16-/m0/s1. The summed E-state index contributed by atoms with van der Waals surface area (Å²) in [6, 6.07) is 7.81. The number of hydrogen-bond acceptors (Lipinski definition) is 3. The first kappa shape index (κ1) is 14.1. The van der Waals surface area contributed by atoms with Gasteiger partial charge in [-0.3, -0.25) is 9.59 Å². The molecule has 0 bridgehead atoms. The van der Waals surface area contributed by atoms with Gasteiger partial charge in [0.05, 0.1) is 6.10 Å². The number of aryl methyl sites for hydroxylation is 1. The summed E-state index contributed by atoms with van der Waals surface area (Å²) in [7, 11) is 0. The lowest BCUT2D eigenvalue weighted by molar-refractivity contribution is -0.152. The summed E-state index contributed by atoms with van der Waals surface area (Å²) >= 11 is 0. The van der Waals surface area contributed by atoms with E-state index in [4.69, 9.17) is 0 Å². The van der Waals surface area contributed by atoms with Crippen LogP contribution in [-0.2, 0) is 21.5 Å². The quantitative estimate of drug-likeness (QED) is 0.835. The third kappa shape index (κ3) is 2.31. The summed E-state index contributed by atoms with van der Waals surface area (Å²) in [4.78, 5) is 26.3. The van der Waals surface area contributed by atoms with Crippen molar-refractivity contribution in [1.82, 2.24) is 10.2 Å². The van der Waals surface area contributed by atoms with Crippen molar-refractivity contribution >= 4 is 11.8 Å². The number of nitrogens with one attached hydrogen (secondary N) is 1. The predicted molar refractivity (Wildman–Crippen MR) is 77.5 cm³/mol. The smallest absolute Gasteiger partial charge is 0.253 e. The zero-order chi connectivity index (χ0) is 15.0. The van der Waals surface area contributed by atoms with Gasteiger partial charge in [0.25, 0.3) is 5.91 Å². The summed E-state index contributed by atoms with van der Waals surface area (Å²) in [5.41, 5.74) is 1.05. The lowest BCUT2D eigenvalue weighted by Crippen LogP contribution is -2.64. The zero-order valence-corrected chi connectivity index (χ0v) is 12.1. The topological polar surface area (TPSA) is 69.6 Å². The van der Waals surface area contributed by atoms with E-state index in [0.717, 1.165) is 24.0 Å². The van der Waals surface area contributed by atoms with E-state index in [2.05, 4.69) is 5.32 Å². The van der Waals surface area contributed by atoms with Crippen molar-refractivity contribution in [2.45, 2.75) is 37.8 Å². The molecule has 1 heterocycles. The predicted octanol–water partition coefficient (Wildman–Crippen LogP) is 0.557. The van der Waals surface area contributed by atoms with Crippen LogP contribution < -0.4 is 5.32 Å². The fraction of sp³-hybridized carbons (Fsp3) is 0.500. The van der Waals surface area contributed by atoms with Gasteiger partial charge in [0, 0.05) is 20.0 Å². The second-order valence-electron chi connectivity index (χ2n) is 5.96. The molecule has 1 atom stereocenters. The van der Waals surface area contributed by atoms with Gasteiger partial charge in [-0.25, -0.2) is 0 Å². The van der Waals surface area contributed by atoms with Crippen molar-refractivity contribution in [1.29, 1.82) is 0 Å². The molecule has 0 saturated carbocycles. The van der Waals surface area contributed by atoms with E-state index in [9.17, 15) is 14.7 Å². The van der Waals surface area contributed by atoms with E-state index in [1.54, 1.807) is 4.90 Å². The molecular formula is C16H20N2O3. The molecule has 2 aliphatic rings. The van der Waals surface area contributed by atoms with Crippen LogP contribution in [0.15, 0.2) is 24.3 Å². The molecule has 0 radical (unpaired) electrons. The number of carbonyl (C=O) groups excluding carboxylic acids is 2. The van der Waals surface area contributed by atoms with Crippen LogP contribution in [0.1, 0.15) is 30.9 Å². The van der Waals surface area contributed by atoms with Crippen LogP contribution >= 0.6 is 0 Å². The molecule has 0 spiro atoms. The Hall–Kier alpha value is -1.88. The minimum absolute atomic E-state index is 0.102. The maximum Gasteiger partial charge on any atom is 0.253 e. The highest BCUT2D eigenvalue weighted by Crippen LogP contribution is 2.37. The third-order valence-corrected chi connectivity index (χ3v) is 4.38. The summed E-state index contributed by atoms with van der Waals surface area (Å²) < 4.78 is 0. The molecule has 2 N–H and O–H groups in total. The Bertz CT molecular complexity index is 581. The van der Waals surface area contributed by atoms with E-state index < -0.39 is 11.6 Å². The molecule has 1 saturated heterocycles. The highest BCUT2D eigenvalue weighted by molar-refractivity contribution is 5.93. The van der Waals surface area contributed by atoms with E-state index >= 15 is 0 Å². The molecule has 1 aromatic carbocycles. The number of hydrogen-bond donors (Lipinski definition) is 2. The lowest BCUT2D eigenvalue weighted by atomic mass is 9.75. The fourth-order valence-corrected chi connectivity index (χ4v) is 3.43. The van der Waals surface area contributed by atoms with Crippen LogP contribution in [-0.4, -0.2) is 41.0 Å². The molecule has 1 fully saturated rings. The number of rotatable bonds is 2. The number of likely N-dealkylation sites (tertiary alicyclic amines) is 1. The average molecular weight is 288 g/mol. The molecule has 5 nitrogen and oxygen atoms in total. The van der Waals surface area contributed by atoms with Crippen molar-refractivity contribution in [3.8, 4) is 0 Å². The van der Waals surface area contributed by atoms with Gasteiger partial charge >= 0.3 is 0 Å². The molecule has 1 aliphatic carbocycles. The van der Waals surface area contributed by atoms with Gasteiger partial charge in [-0.1, -0.05) is 24.3 Å². The second-order valence-corrected chi connectivity index (χ2v) is 5.96. The summed E-state index contributed by atoms with van der Waals surface area (Å²) in [5.74, 6) is -0.309. The van der Waals surface area contributed by atoms with Crippen molar-refractivity contribution in [3.63, 3.8) is 0 Å². The first-order valence-electron chi connectivity index (χ1n) is 7.37. The average Bonchev–Trinajstić information content (AvgIpc) is 2.43. The molecular weight excluding hydrogens is 268 g/mol. The summed E-state index contributed by atoms with van der Waals surface area (Å²) in [6.07, 6.45) is 1.95. The Balaban J connectivity index is 2.02. The van der Waals surface area contributed by atoms with Gasteiger partial charge in [0.2, 0.25) is 5.91 Å². The van der Waals surface area contributed by atoms with Crippen LogP contribution in [0.4, 0.5) is 0 Å². The summed E-state index contributed by atoms with van der Waals surface area (Å²) in [6.45, 7) is 2.14. The van der Waals surface area contributed by atoms with Gasteiger partial charge in [-0.2, -0.15) is 0 Å². The normalized spacial score (nSPS) is 25.0. The fourth-order valence-electron chi connectivity index (χ4n) is 3.43. The van der Waals surface area contributed by atoms with Crippen LogP contribution in [0.25, 0.3) is 0 Å². The van der Waals surface area contributed by atoms with Crippen LogP contribution in [0.5, 0.6) is 0 Å². The molecule has 2 amide bonds. The van der Waals surface area contributed by atoms with Crippen molar-refractivity contribution in [3.05, 3.63) is 35.4 Å². The largest absolute Gasteiger partial charge is 0.389 e. The van der Waals surface area contributed by atoms with Crippen LogP contribution in [0.3, 0.4) is 0 Å². The minimum atomic E-state index is -0.971. The number of β-amino-alcohol motifs (C(OH)–C–C–N with tert-alkyl or cyclic N) is 1. The Kier molecular flexibility index (Phi) is 3.45. The maximum atomic E-state index is 12.9. The Labute approximate surface area is 123 Å². The zero-order valence-electron chi connectivity index (χ0n) is 12.1. The van der Waals surface area contributed by atoms with Gasteiger partial charge in [-0.05, 0) is 30.4 Å². The number of aliphatic hydroxyl groups is 1. The highest BCUT2D eigenvalue weighted by atomic mass is 16.3. The summed E-state index contributed by atoms with van der Waals surface area (Å²) in [5, 5.41) is 12.3. The van der Waals surface area contributed by atoms with E-state index in [1.807, 2.05) is 24.3 Å². The van der Waals surface area contributed by atoms with E-state index in [-0.39, 0.29) is 11.8 Å². The SMILES string of the molecule is CC(=O)N[C@@]1(C(=O)N2CC(O)C2)CCCc2ccccc21. The Morgan fingerprint density at radius 2 is 2.05 bits per heavy atom. The molecule has 5 heteroatoms. The number of carbonyl (C=O) groups is 2. The first-order chi connectivity index (χ1) is 10.0. The molecule has 0 aromatic heterocycles. The highest BCUT2D eigenvalue weighted by Gasteiger charge is 2.48. The van der Waals surface area contributed by atoms with Crippen molar-refractivity contribution < 1.29 is 14.7 Å². The van der Waals surface area contributed by atoms with Crippen LogP contribution in [0, 0.1) is 0 Å². The number of benzene rings is 1. The maximum absolute atomic E-state index is 12.9. The first-order valence-corrected chi connectivity index (χ1v) is 7.37. The molecule has 1 aliphatic heterocycles. The Morgan fingerprint density at radius 1 is 1.33 bits per heavy atom. The van der Waals surface area contributed by atoms with Gasteiger partial charge in [0.15, 0.2) is 0 Å². The monoisotopic (exact) mass is 288 g/mol. The van der Waals surface area contributed by atoms with Gasteiger partial charge < -0.3 is 15.3 Å². The van der Waals surface area contributed by atoms with E-state index in [0.29, 0.717) is 19.5 Å².